The summed E-state index contributed by atoms with van der Waals surface area (Å²) in [5.41, 5.74) is 0. The molecule has 1 radical (unpaired) electrons. The van der Waals surface area contributed by atoms with E-state index in [0.717, 1.165) is 12.8 Å². The van der Waals surface area contributed by atoms with E-state index in [0.29, 0.717) is 0 Å². The first-order valence-corrected chi connectivity index (χ1v) is 4.31. The van der Waals surface area contributed by atoms with Gasteiger partial charge in [-0.15, -0.1) is 12.8 Å². The normalized spacial score (nSPS) is 14.8. The van der Waals surface area contributed by atoms with Gasteiger partial charge in [-0.2, -0.15) is 12.2 Å². The molecule has 0 N–H and O–H groups in total. The Morgan fingerprint density at radius 1 is 0.812 bits per heavy atom. The second-order valence-electron chi connectivity index (χ2n) is 2.50. The van der Waals surface area contributed by atoms with Crippen LogP contribution in [-0.4, -0.2) is 7.25 Å². The molecule has 0 aromatic carbocycles. The van der Waals surface area contributed by atoms with Crippen molar-refractivity contribution in [2.45, 2.75) is 12.8 Å². The molecule has 87 valence electrons. The van der Waals surface area contributed by atoms with Crippen LogP contribution in [-0.2, 0) is 17.4 Å². The molecule has 16 heavy (non-hydrogen) atoms. The van der Waals surface area contributed by atoms with Crippen molar-refractivity contribution in [2.75, 3.05) is 0 Å². The Hall–Kier alpha value is -0.723. The summed E-state index contributed by atoms with van der Waals surface area (Å²) in [6, 6.07) is 0. The minimum absolute atomic E-state index is 0. The van der Waals surface area contributed by atoms with Crippen LogP contribution in [0.1, 0.15) is 12.8 Å². The standard InChI is InChI=1S/2C5H5.BF4.Cr/c2*1-2-4-5-3-1;2-1(3,4)5;/h2*1-3H,4H2;;/q3*-1;+3. The van der Waals surface area contributed by atoms with Gasteiger partial charge in [-0.1, -0.05) is 0 Å². The zero-order valence-corrected chi connectivity index (χ0v) is 9.65. The van der Waals surface area contributed by atoms with Gasteiger partial charge in [0.25, 0.3) is 0 Å². The third-order valence-electron chi connectivity index (χ3n) is 1.17. The van der Waals surface area contributed by atoms with E-state index in [4.69, 9.17) is 0 Å². The van der Waals surface area contributed by atoms with Gasteiger partial charge in [0.05, 0.1) is 0 Å². The molecule has 2 aliphatic rings. The van der Waals surface area contributed by atoms with Crippen molar-refractivity contribution in [3.8, 4) is 0 Å². The van der Waals surface area contributed by atoms with Gasteiger partial charge in [-0.05, 0) is 0 Å². The molecule has 6 heteroatoms. The number of allylic oxidation sites excluding steroid dienone is 8. The van der Waals surface area contributed by atoms with Crippen LogP contribution in [0.15, 0.2) is 36.5 Å². The van der Waals surface area contributed by atoms with Gasteiger partial charge in [0.2, 0.25) is 0 Å². The minimum Gasteiger partial charge on any atom is -0.418 e. The van der Waals surface area contributed by atoms with E-state index >= 15 is 0 Å². The third kappa shape index (κ3) is 23.3. The molecule has 0 fully saturated rings. The molecule has 0 bridgehead atoms. The molecule has 0 aromatic heterocycles. The maximum atomic E-state index is 9.75. The summed E-state index contributed by atoms with van der Waals surface area (Å²) in [6.45, 7) is 0. The molecular formula is C10H10BCrF4. The quantitative estimate of drug-likeness (QED) is 0.355. The summed E-state index contributed by atoms with van der Waals surface area (Å²) in [5, 5.41) is 0. The number of rotatable bonds is 0. The van der Waals surface area contributed by atoms with Crippen LogP contribution in [0.25, 0.3) is 0 Å². The Bertz CT molecular complexity index is 218. The van der Waals surface area contributed by atoms with Crippen LogP contribution in [0.3, 0.4) is 0 Å². The molecule has 0 nitrogen and oxygen atoms in total. The van der Waals surface area contributed by atoms with Crippen molar-refractivity contribution in [3.05, 3.63) is 48.6 Å². The summed E-state index contributed by atoms with van der Waals surface area (Å²) in [7, 11) is -6.00. The summed E-state index contributed by atoms with van der Waals surface area (Å²) in [5.74, 6) is 0. The molecule has 2 rings (SSSR count). The zero-order valence-electron chi connectivity index (χ0n) is 8.38. The SMILES string of the molecule is F[B-](F)(F)F.[C-]1=CC=CC1.[C-]1=CC=CC1.[Cr+3]. The van der Waals surface area contributed by atoms with Crippen LogP contribution in [0, 0.1) is 12.2 Å². The molecule has 0 heterocycles. The average molecular weight is 269 g/mol. The first-order chi connectivity index (χ1) is 7.00. The Morgan fingerprint density at radius 3 is 1.19 bits per heavy atom. The maximum absolute atomic E-state index is 9.75. The summed E-state index contributed by atoms with van der Waals surface area (Å²) < 4.78 is 39.0. The summed E-state index contributed by atoms with van der Waals surface area (Å²) >= 11 is 0. The Labute approximate surface area is 104 Å². The molecule has 2 aliphatic carbocycles. The molecule has 0 atom stereocenters. The Kier molecular flexibility index (Phi) is 11.9. The molecule has 0 aromatic rings. The maximum Gasteiger partial charge on any atom is 3.00 e. The van der Waals surface area contributed by atoms with Crippen molar-refractivity contribution < 1.29 is 34.6 Å². The minimum atomic E-state index is -6.00. The first-order valence-electron chi connectivity index (χ1n) is 4.31. The largest absolute Gasteiger partial charge is 3.00 e. The van der Waals surface area contributed by atoms with E-state index < -0.39 is 7.25 Å². The molecule has 0 unspecified atom stereocenters. The summed E-state index contributed by atoms with van der Waals surface area (Å²) in [4.78, 5) is 0. The Balaban J connectivity index is 0. The fraction of sp³-hybridized carbons (Fsp3) is 0.200. The second-order valence-corrected chi connectivity index (χ2v) is 2.50. The molecule has 0 saturated heterocycles. The fourth-order valence-corrected chi connectivity index (χ4v) is 0.680. The monoisotopic (exact) mass is 269 g/mol. The fourth-order valence-electron chi connectivity index (χ4n) is 0.680. The molecule has 0 spiro atoms. The van der Waals surface area contributed by atoms with Crippen molar-refractivity contribution in [1.82, 2.24) is 0 Å². The van der Waals surface area contributed by atoms with Gasteiger partial charge in [-0.25, -0.2) is 24.3 Å². The topological polar surface area (TPSA) is 0 Å². The Morgan fingerprint density at radius 2 is 1.12 bits per heavy atom. The van der Waals surface area contributed by atoms with E-state index in [2.05, 4.69) is 24.3 Å². The van der Waals surface area contributed by atoms with Crippen LogP contribution >= 0.6 is 0 Å². The van der Waals surface area contributed by atoms with Crippen LogP contribution in [0.5, 0.6) is 0 Å². The average Bonchev–Trinajstić information content (AvgIpc) is 2.81. The molecule has 0 amide bonds. The van der Waals surface area contributed by atoms with Gasteiger partial charge in [0.1, 0.15) is 0 Å². The van der Waals surface area contributed by atoms with Gasteiger partial charge in [-0.3, -0.25) is 12.2 Å². The number of halogens is 4. The van der Waals surface area contributed by atoms with Crippen molar-refractivity contribution >= 4 is 7.25 Å². The zero-order chi connectivity index (χ0) is 11.6. The van der Waals surface area contributed by atoms with Crippen LogP contribution < -0.4 is 0 Å². The molecular weight excluding hydrogens is 259 g/mol. The van der Waals surface area contributed by atoms with Crippen molar-refractivity contribution in [1.29, 1.82) is 0 Å². The van der Waals surface area contributed by atoms with Gasteiger partial charge < -0.3 is 17.3 Å². The van der Waals surface area contributed by atoms with Crippen LogP contribution in [0.4, 0.5) is 17.3 Å². The van der Waals surface area contributed by atoms with Gasteiger partial charge in [0.15, 0.2) is 0 Å². The predicted octanol–water partition coefficient (Wildman–Crippen LogP) is 3.91. The molecule has 0 aliphatic heterocycles. The van der Waals surface area contributed by atoms with Crippen LogP contribution in [0.2, 0.25) is 0 Å². The summed E-state index contributed by atoms with van der Waals surface area (Å²) in [6.07, 6.45) is 20.0. The first kappa shape index (κ1) is 17.7. The van der Waals surface area contributed by atoms with E-state index in [9.17, 15) is 17.3 Å². The van der Waals surface area contributed by atoms with Crippen molar-refractivity contribution in [3.63, 3.8) is 0 Å². The predicted molar refractivity (Wildman–Crippen MR) is 53.3 cm³/mol. The van der Waals surface area contributed by atoms with Gasteiger partial charge in [0, 0.05) is 0 Å². The third-order valence-corrected chi connectivity index (χ3v) is 1.17. The van der Waals surface area contributed by atoms with Gasteiger partial charge >= 0.3 is 24.6 Å². The number of hydrogen-bond donors (Lipinski definition) is 0. The molecule has 0 saturated carbocycles. The smallest absolute Gasteiger partial charge is 0.418 e. The second kappa shape index (κ2) is 10.8. The van der Waals surface area contributed by atoms with E-state index in [-0.39, 0.29) is 17.4 Å². The van der Waals surface area contributed by atoms with Crippen molar-refractivity contribution in [2.24, 2.45) is 0 Å². The van der Waals surface area contributed by atoms with E-state index in [1.165, 1.54) is 0 Å². The van der Waals surface area contributed by atoms with E-state index in [1.807, 2.05) is 24.3 Å². The van der Waals surface area contributed by atoms with E-state index in [1.54, 1.807) is 0 Å². The number of hydrogen-bond acceptors (Lipinski definition) is 0.